The van der Waals surface area contributed by atoms with Crippen LogP contribution in [0.5, 0.6) is 5.75 Å². The lowest BCUT2D eigenvalue weighted by Crippen LogP contribution is -2.00. The first-order valence-corrected chi connectivity index (χ1v) is 5.63. The fourth-order valence-corrected chi connectivity index (χ4v) is 1.81. The summed E-state index contributed by atoms with van der Waals surface area (Å²) in [6.45, 7) is 1.88. The van der Waals surface area contributed by atoms with Gasteiger partial charge in [0.05, 0.1) is 12.7 Å². The molecule has 0 atom stereocenters. The highest BCUT2D eigenvalue weighted by atomic mass is 16.5. The largest absolute Gasteiger partial charge is 0.496 e. The number of rotatable bonds is 4. The van der Waals surface area contributed by atoms with E-state index in [2.05, 4.69) is 9.97 Å². The number of aromatic nitrogens is 2. The second-order valence-corrected chi connectivity index (χ2v) is 3.77. The molecule has 0 saturated heterocycles. The van der Waals surface area contributed by atoms with Gasteiger partial charge in [0, 0.05) is 5.69 Å². The summed E-state index contributed by atoms with van der Waals surface area (Å²) < 4.78 is 5.24. The van der Waals surface area contributed by atoms with Gasteiger partial charge in [-0.1, -0.05) is 19.1 Å². The first-order valence-electron chi connectivity index (χ1n) is 5.63. The SMILES string of the molecule is CCc1[nH]c(-c2ccccc2OC)nc1C(=O)O. The number of carboxylic acid groups (broad SMARTS) is 1. The highest BCUT2D eigenvalue weighted by Crippen LogP contribution is 2.28. The Labute approximate surface area is 104 Å². The zero-order valence-corrected chi connectivity index (χ0v) is 10.2. The maximum Gasteiger partial charge on any atom is 0.356 e. The molecule has 0 amide bonds. The molecule has 0 aliphatic rings. The molecule has 0 aliphatic heterocycles. The monoisotopic (exact) mass is 246 g/mol. The van der Waals surface area contributed by atoms with Gasteiger partial charge in [-0.2, -0.15) is 0 Å². The molecule has 18 heavy (non-hydrogen) atoms. The summed E-state index contributed by atoms with van der Waals surface area (Å²) in [5, 5.41) is 9.07. The molecule has 1 aromatic carbocycles. The van der Waals surface area contributed by atoms with Crippen LogP contribution in [0.3, 0.4) is 0 Å². The number of aromatic amines is 1. The van der Waals surface area contributed by atoms with E-state index < -0.39 is 5.97 Å². The number of imidazole rings is 1. The van der Waals surface area contributed by atoms with Crippen LogP contribution in [-0.4, -0.2) is 28.2 Å². The Balaban J connectivity index is 2.54. The molecule has 2 N–H and O–H groups in total. The average molecular weight is 246 g/mol. The van der Waals surface area contributed by atoms with Crippen molar-refractivity contribution >= 4 is 5.97 Å². The lowest BCUT2D eigenvalue weighted by Gasteiger charge is -2.04. The number of H-pyrrole nitrogens is 1. The second kappa shape index (κ2) is 4.91. The van der Waals surface area contributed by atoms with Crippen LogP contribution in [0.15, 0.2) is 24.3 Å². The molecule has 0 spiro atoms. The van der Waals surface area contributed by atoms with E-state index in [9.17, 15) is 4.79 Å². The molecular formula is C13H14N2O3. The van der Waals surface area contributed by atoms with E-state index in [1.54, 1.807) is 7.11 Å². The molecule has 0 bridgehead atoms. The van der Waals surface area contributed by atoms with Crippen molar-refractivity contribution in [3.63, 3.8) is 0 Å². The Hall–Kier alpha value is -2.30. The molecule has 0 aliphatic carbocycles. The van der Waals surface area contributed by atoms with Crippen molar-refractivity contribution in [1.82, 2.24) is 9.97 Å². The number of hydrogen-bond acceptors (Lipinski definition) is 3. The smallest absolute Gasteiger partial charge is 0.356 e. The van der Waals surface area contributed by atoms with E-state index in [-0.39, 0.29) is 5.69 Å². The molecule has 1 aromatic heterocycles. The van der Waals surface area contributed by atoms with Crippen LogP contribution in [0, 0.1) is 0 Å². The first-order chi connectivity index (χ1) is 8.67. The van der Waals surface area contributed by atoms with Crippen LogP contribution < -0.4 is 4.74 Å². The quantitative estimate of drug-likeness (QED) is 0.868. The Kier molecular flexibility index (Phi) is 3.32. The summed E-state index contributed by atoms with van der Waals surface area (Å²) in [6, 6.07) is 7.35. The minimum Gasteiger partial charge on any atom is -0.496 e. The third kappa shape index (κ3) is 2.07. The maximum atomic E-state index is 11.1. The van der Waals surface area contributed by atoms with Crippen LogP contribution in [-0.2, 0) is 6.42 Å². The lowest BCUT2D eigenvalue weighted by atomic mass is 10.2. The van der Waals surface area contributed by atoms with E-state index >= 15 is 0 Å². The summed E-state index contributed by atoms with van der Waals surface area (Å²) in [4.78, 5) is 18.2. The second-order valence-electron chi connectivity index (χ2n) is 3.77. The predicted octanol–water partition coefficient (Wildman–Crippen LogP) is 2.35. The maximum absolute atomic E-state index is 11.1. The first kappa shape index (κ1) is 12.2. The summed E-state index contributed by atoms with van der Waals surface area (Å²) in [6.07, 6.45) is 0.587. The van der Waals surface area contributed by atoms with Crippen molar-refractivity contribution in [2.75, 3.05) is 7.11 Å². The van der Waals surface area contributed by atoms with Gasteiger partial charge < -0.3 is 14.8 Å². The molecule has 0 fully saturated rings. The number of methoxy groups -OCH3 is 1. The zero-order chi connectivity index (χ0) is 13.1. The van der Waals surface area contributed by atoms with Gasteiger partial charge in [0.1, 0.15) is 11.6 Å². The van der Waals surface area contributed by atoms with Crippen LogP contribution in [0.4, 0.5) is 0 Å². The van der Waals surface area contributed by atoms with Crippen molar-refractivity contribution in [3.8, 4) is 17.1 Å². The molecule has 0 unspecified atom stereocenters. The number of aromatic carboxylic acids is 1. The van der Waals surface area contributed by atoms with Crippen LogP contribution in [0.2, 0.25) is 0 Å². The van der Waals surface area contributed by atoms with Crippen molar-refractivity contribution in [2.45, 2.75) is 13.3 Å². The molecule has 0 saturated carbocycles. The molecule has 5 heteroatoms. The van der Waals surface area contributed by atoms with Gasteiger partial charge >= 0.3 is 5.97 Å². The van der Waals surface area contributed by atoms with Crippen molar-refractivity contribution < 1.29 is 14.6 Å². The Morgan fingerprint density at radius 3 is 2.72 bits per heavy atom. The number of nitrogens with zero attached hydrogens (tertiary/aromatic N) is 1. The normalized spacial score (nSPS) is 10.3. The van der Waals surface area contributed by atoms with Crippen molar-refractivity contribution in [3.05, 3.63) is 35.7 Å². The number of aryl methyl sites for hydroxylation is 1. The van der Waals surface area contributed by atoms with Crippen LogP contribution in [0.1, 0.15) is 23.1 Å². The molecule has 1 heterocycles. The van der Waals surface area contributed by atoms with Gasteiger partial charge in [0.25, 0.3) is 0 Å². The number of carbonyl (C=O) groups is 1. The van der Waals surface area contributed by atoms with E-state index in [0.717, 1.165) is 5.56 Å². The van der Waals surface area contributed by atoms with E-state index in [0.29, 0.717) is 23.7 Å². The van der Waals surface area contributed by atoms with Gasteiger partial charge in [-0.25, -0.2) is 9.78 Å². The lowest BCUT2D eigenvalue weighted by molar-refractivity contribution is 0.0690. The van der Waals surface area contributed by atoms with Gasteiger partial charge in [-0.05, 0) is 18.6 Å². The van der Waals surface area contributed by atoms with Crippen molar-refractivity contribution in [2.24, 2.45) is 0 Å². The fraction of sp³-hybridized carbons (Fsp3) is 0.231. The molecule has 94 valence electrons. The zero-order valence-electron chi connectivity index (χ0n) is 10.2. The summed E-state index contributed by atoms with van der Waals surface area (Å²) in [5.74, 6) is 0.150. The van der Waals surface area contributed by atoms with Crippen molar-refractivity contribution in [1.29, 1.82) is 0 Å². The fourth-order valence-electron chi connectivity index (χ4n) is 1.81. The van der Waals surface area contributed by atoms with Crippen LogP contribution >= 0.6 is 0 Å². The van der Waals surface area contributed by atoms with E-state index in [1.807, 2.05) is 31.2 Å². The summed E-state index contributed by atoms with van der Waals surface area (Å²) in [7, 11) is 1.57. The Morgan fingerprint density at radius 1 is 1.44 bits per heavy atom. The van der Waals surface area contributed by atoms with Gasteiger partial charge in [0.2, 0.25) is 0 Å². The summed E-state index contributed by atoms with van der Waals surface area (Å²) >= 11 is 0. The highest BCUT2D eigenvalue weighted by molar-refractivity contribution is 5.88. The third-order valence-corrected chi connectivity index (χ3v) is 2.70. The minimum atomic E-state index is -1.02. The van der Waals surface area contributed by atoms with E-state index in [4.69, 9.17) is 9.84 Å². The summed E-state index contributed by atoms with van der Waals surface area (Å²) in [5.41, 5.74) is 1.43. The van der Waals surface area contributed by atoms with Gasteiger partial charge in [-0.3, -0.25) is 0 Å². The number of carboxylic acids is 1. The number of ether oxygens (including phenoxy) is 1. The van der Waals surface area contributed by atoms with Crippen LogP contribution in [0.25, 0.3) is 11.4 Å². The molecular weight excluding hydrogens is 232 g/mol. The molecule has 0 radical (unpaired) electrons. The molecule has 2 aromatic rings. The number of hydrogen-bond donors (Lipinski definition) is 2. The highest BCUT2D eigenvalue weighted by Gasteiger charge is 2.17. The number of nitrogens with one attached hydrogen (secondary N) is 1. The van der Waals surface area contributed by atoms with Gasteiger partial charge in [0.15, 0.2) is 5.69 Å². The Bertz CT molecular complexity index is 575. The number of para-hydroxylation sites is 1. The topological polar surface area (TPSA) is 75.2 Å². The number of benzene rings is 1. The third-order valence-electron chi connectivity index (χ3n) is 2.70. The minimum absolute atomic E-state index is 0.0680. The molecule has 5 nitrogen and oxygen atoms in total. The predicted molar refractivity (Wildman–Crippen MR) is 66.9 cm³/mol. The standard InChI is InChI=1S/C13H14N2O3/c1-3-9-11(13(16)17)15-12(14-9)8-6-4-5-7-10(8)18-2/h4-7H,3H2,1-2H3,(H,14,15)(H,16,17). The molecule has 2 rings (SSSR count). The average Bonchev–Trinajstić information content (AvgIpc) is 2.82. The Morgan fingerprint density at radius 2 is 2.17 bits per heavy atom. The van der Waals surface area contributed by atoms with E-state index in [1.165, 1.54) is 0 Å². The van der Waals surface area contributed by atoms with Gasteiger partial charge in [-0.15, -0.1) is 0 Å².